The zero-order chi connectivity index (χ0) is 15.4. The molecule has 1 aromatic rings. The van der Waals surface area contributed by atoms with Crippen molar-refractivity contribution in [2.24, 2.45) is 11.8 Å². The molecule has 0 spiro atoms. The summed E-state index contributed by atoms with van der Waals surface area (Å²) in [5.41, 5.74) is 2.89. The van der Waals surface area contributed by atoms with E-state index < -0.39 is 17.8 Å². The van der Waals surface area contributed by atoms with Gasteiger partial charge in [0.15, 0.2) is 0 Å². The molecule has 4 nitrogen and oxygen atoms in total. The van der Waals surface area contributed by atoms with Crippen LogP contribution in [-0.4, -0.2) is 17.0 Å². The van der Waals surface area contributed by atoms with Crippen LogP contribution in [0.1, 0.15) is 30.9 Å². The van der Waals surface area contributed by atoms with Gasteiger partial charge in [0.25, 0.3) is 0 Å². The van der Waals surface area contributed by atoms with Gasteiger partial charge in [0, 0.05) is 5.69 Å². The fourth-order valence-electron chi connectivity index (χ4n) is 2.79. The maximum absolute atomic E-state index is 12.5. The highest BCUT2D eigenvalue weighted by Crippen LogP contribution is 2.29. The molecule has 1 aliphatic rings. The topological polar surface area (TPSA) is 66.4 Å². The van der Waals surface area contributed by atoms with Gasteiger partial charge < -0.3 is 10.4 Å². The third-order valence-corrected chi connectivity index (χ3v) is 4.07. The number of para-hydroxylation sites is 1. The molecule has 2 N–H and O–H groups in total. The van der Waals surface area contributed by atoms with Crippen LogP contribution in [0.5, 0.6) is 0 Å². The second-order valence-electron chi connectivity index (χ2n) is 5.45. The third-order valence-electron chi connectivity index (χ3n) is 4.07. The summed E-state index contributed by atoms with van der Waals surface area (Å²) in [6.45, 7) is 3.98. The van der Waals surface area contributed by atoms with Crippen molar-refractivity contribution in [1.29, 1.82) is 0 Å². The molecule has 1 aliphatic carbocycles. The fourth-order valence-corrected chi connectivity index (χ4v) is 2.79. The first-order valence-corrected chi connectivity index (χ1v) is 7.31. The maximum atomic E-state index is 12.5. The lowest BCUT2D eigenvalue weighted by atomic mass is 9.82. The van der Waals surface area contributed by atoms with Gasteiger partial charge in [-0.2, -0.15) is 0 Å². The number of nitrogens with one attached hydrogen (secondary N) is 1. The van der Waals surface area contributed by atoms with E-state index in [1.54, 1.807) is 0 Å². The second-order valence-corrected chi connectivity index (χ2v) is 5.45. The molecule has 0 radical (unpaired) electrons. The Morgan fingerprint density at radius 3 is 2.52 bits per heavy atom. The number of benzene rings is 1. The lowest BCUT2D eigenvalue weighted by Gasteiger charge is -2.25. The van der Waals surface area contributed by atoms with Gasteiger partial charge in [-0.05, 0) is 37.3 Å². The van der Waals surface area contributed by atoms with Gasteiger partial charge in [-0.15, -0.1) is 0 Å². The van der Waals surface area contributed by atoms with E-state index in [-0.39, 0.29) is 5.91 Å². The molecule has 0 heterocycles. The molecule has 2 atom stereocenters. The number of hydrogen-bond donors (Lipinski definition) is 2. The minimum absolute atomic E-state index is 0.198. The smallest absolute Gasteiger partial charge is 0.307 e. The molecule has 0 bridgehead atoms. The molecule has 2 rings (SSSR count). The summed E-state index contributed by atoms with van der Waals surface area (Å²) in [6, 6.07) is 5.90. The molecule has 112 valence electrons. The number of aliphatic carboxylic acids is 1. The normalized spacial score (nSPS) is 21.0. The van der Waals surface area contributed by atoms with E-state index in [9.17, 15) is 14.7 Å². The molecule has 1 aromatic carbocycles. The number of carbonyl (C=O) groups is 2. The Morgan fingerprint density at radius 1 is 1.24 bits per heavy atom. The quantitative estimate of drug-likeness (QED) is 0.836. The number of anilines is 1. The van der Waals surface area contributed by atoms with Crippen molar-refractivity contribution in [2.45, 2.75) is 33.1 Å². The monoisotopic (exact) mass is 287 g/mol. The molecule has 1 amide bonds. The first-order valence-electron chi connectivity index (χ1n) is 7.31. The number of amides is 1. The van der Waals surface area contributed by atoms with Gasteiger partial charge in [-0.25, -0.2) is 0 Å². The summed E-state index contributed by atoms with van der Waals surface area (Å²) in [4.78, 5) is 23.8. The van der Waals surface area contributed by atoms with Gasteiger partial charge in [-0.1, -0.05) is 37.3 Å². The van der Waals surface area contributed by atoms with Crippen molar-refractivity contribution in [3.05, 3.63) is 41.5 Å². The number of carbonyl (C=O) groups excluding carboxylic acids is 1. The predicted octanol–water partition coefficient (Wildman–Crippen LogP) is 3.16. The van der Waals surface area contributed by atoms with Crippen LogP contribution < -0.4 is 5.32 Å². The van der Waals surface area contributed by atoms with E-state index in [0.717, 1.165) is 23.2 Å². The van der Waals surface area contributed by atoms with Crippen LogP contribution >= 0.6 is 0 Å². The predicted molar refractivity (Wildman–Crippen MR) is 82.2 cm³/mol. The Balaban J connectivity index is 2.21. The average molecular weight is 287 g/mol. The lowest BCUT2D eigenvalue weighted by Crippen LogP contribution is -2.35. The third kappa shape index (κ3) is 3.32. The van der Waals surface area contributed by atoms with E-state index >= 15 is 0 Å². The number of allylic oxidation sites excluding steroid dienone is 2. The van der Waals surface area contributed by atoms with E-state index in [1.807, 2.05) is 44.2 Å². The Hall–Kier alpha value is -2.10. The molecule has 21 heavy (non-hydrogen) atoms. The van der Waals surface area contributed by atoms with Crippen LogP contribution in [0.15, 0.2) is 30.4 Å². The molecular weight excluding hydrogens is 266 g/mol. The van der Waals surface area contributed by atoms with Crippen molar-refractivity contribution >= 4 is 17.6 Å². The summed E-state index contributed by atoms with van der Waals surface area (Å²) in [5, 5.41) is 12.2. The van der Waals surface area contributed by atoms with E-state index in [2.05, 4.69) is 5.32 Å². The van der Waals surface area contributed by atoms with Gasteiger partial charge in [-0.3, -0.25) is 9.59 Å². The van der Waals surface area contributed by atoms with E-state index in [4.69, 9.17) is 0 Å². The largest absolute Gasteiger partial charge is 0.481 e. The molecule has 0 aromatic heterocycles. The maximum Gasteiger partial charge on any atom is 0.307 e. The van der Waals surface area contributed by atoms with Crippen LogP contribution in [0, 0.1) is 18.8 Å². The number of hydrogen-bond acceptors (Lipinski definition) is 2. The molecule has 0 saturated carbocycles. The van der Waals surface area contributed by atoms with E-state index in [0.29, 0.717) is 12.8 Å². The van der Waals surface area contributed by atoms with Crippen LogP contribution in [0.25, 0.3) is 0 Å². The fraction of sp³-hybridized carbons (Fsp3) is 0.412. The van der Waals surface area contributed by atoms with Crippen LogP contribution in [-0.2, 0) is 16.0 Å². The minimum atomic E-state index is -0.903. The lowest BCUT2D eigenvalue weighted by molar-refractivity contribution is -0.146. The van der Waals surface area contributed by atoms with Crippen molar-refractivity contribution in [2.75, 3.05) is 5.32 Å². The molecular formula is C17H21NO3. The van der Waals surface area contributed by atoms with Gasteiger partial charge >= 0.3 is 5.97 Å². The van der Waals surface area contributed by atoms with Crippen LogP contribution in [0.3, 0.4) is 0 Å². The summed E-state index contributed by atoms with van der Waals surface area (Å²) < 4.78 is 0. The molecule has 0 unspecified atom stereocenters. The Kier molecular flexibility index (Phi) is 4.78. The van der Waals surface area contributed by atoms with Crippen molar-refractivity contribution in [1.82, 2.24) is 0 Å². The number of aryl methyl sites for hydroxylation is 2. The first-order chi connectivity index (χ1) is 10.0. The molecule has 0 aliphatic heterocycles. The zero-order valence-electron chi connectivity index (χ0n) is 12.4. The van der Waals surface area contributed by atoms with Gasteiger partial charge in [0.05, 0.1) is 11.8 Å². The van der Waals surface area contributed by atoms with Gasteiger partial charge in [0.1, 0.15) is 0 Å². The first kappa shape index (κ1) is 15.3. The Bertz CT molecular complexity index is 577. The number of carboxylic acid groups (broad SMARTS) is 1. The number of rotatable bonds is 4. The summed E-state index contributed by atoms with van der Waals surface area (Å²) >= 11 is 0. The van der Waals surface area contributed by atoms with Crippen molar-refractivity contribution in [3.63, 3.8) is 0 Å². The van der Waals surface area contributed by atoms with Gasteiger partial charge in [0.2, 0.25) is 5.91 Å². The molecule has 4 heteroatoms. The molecule has 0 fully saturated rings. The van der Waals surface area contributed by atoms with Crippen LogP contribution in [0.2, 0.25) is 0 Å². The standard InChI is InChI=1S/C17H21NO3/c1-3-12-8-6-7-11(2)15(12)18-16(19)13-9-4-5-10-14(13)17(20)21/h4-8,13-14H,3,9-10H2,1-2H3,(H,18,19)(H,20,21)/t13-,14-/m0/s1. The highest BCUT2D eigenvalue weighted by atomic mass is 16.4. The summed E-state index contributed by atoms with van der Waals surface area (Å²) in [7, 11) is 0. The van der Waals surface area contributed by atoms with Crippen molar-refractivity contribution < 1.29 is 14.7 Å². The average Bonchev–Trinajstić information content (AvgIpc) is 2.49. The SMILES string of the molecule is CCc1cccc(C)c1NC(=O)[C@H]1CC=CC[C@@H]1C(=O)O. The van der Waals surface area contributed by atoms with Crippen molar-refractivity contribution in [3.8, 4) is 0 Å². The highest BCUT2D eigenvalue weighted by Gasteiger charge is 2.34. The highest BCUT2D eigenvalue weighted by molar-refractivity contribution is 5.96. The summed E-state index contributed by atoms with van der Waals surface area (Å²) in [6.07, 6.45) is 5.46. The Morgan fingerprint density at radius 2 is 1.90 bits per heavy atom. The van der Waals surface area contributed by atoms with E-state index in [1.165, 1.54) is 0 Å². The Labute approximate surface area is 124 Å². The van der Waals surface area contributed by atoms with Crippen LogP contribution in [0.4, 0.5) is 5.69 Å². The minimum Gasteiger partial charge on any atom is -0.481 e. The molecule has 0 saturated heterocycles. The summed E-state index contributed by atoms with van der Waals surface area (Å²) in [5.74, 6) is -2.24. The second kappa shape index (κ2) is 6.57. The number of carboxylic acids is 1. The zero-order valence-corrected chi connectivity index (χ0v) is 12.4.